The van der Waals surface area contributed by atoms with E-state index in [0.717, 1.165) is 6.42 Å². The fourth-order valence-corrected chi connectivity index (χ4v) is 9.02. The first-order valence-electron chi connectivity index (χ1n) is 18.5. The van der Waals surface area contributed by atoms with Crippen LogP contribution < -0.4 is 0 Å². The highest BCUT2D eigenvalue weighted by Crippen LogP contribution is 2.49. The second kappa shape index (κ2) is 11.1. The van der Waals surface area contributed by atoms with Crippen LogP contribution >= 0.6 is 0 Å². The van der Waals surface area contributed by atoms with E-state index in [0.29, 0.717) is 5.92 Å². The Bertz CT molecular complexity index is 3030. The Kier molecular flexibility index (Phi) is 6.24. The van der Waals surface area contributed by atoms with Crippen molar-refractivity contribution in [3.8, 4) is 44.8 Å². The van der Waals surface area contributed by atoms with Gasteiger partial charge in [-0.25, -0.2) is 0 Å². The van der Waals surface area contributed by atoms with Gasteiger partial charge < -0.3 is 9.13 Å². The van der Waals surface area contributed by atoms with Gasteiger partial charge in [0.25, 0.3) is 0 Å². The molecule has 11 rings (SSSR count). The van der Waals surface area contributed by atoms with Crippen LogP contribution in [0, 0.1) is 0 Å². The number of para-hydroxylation sites is 2. The number of rotatable bonds is 5. The predicted molar refractivity (Wildman–Crippen MR) is 221 cm³/mol. The first-order valence-corrected chi connectivity index (χ1v) is 18.5. The Morgan fingerprint density at radius 1 is 0.423 bits per heavy atom. The second-order valence-electron chi connectivity index (χ2n) is 14.5. The number of nitrogens with zero attached hydrogens (tertiary/aromatic N) is 2. The molecule has 8 aromatic carbocycles. The SMILES string of the molecule is CCC(C)c1ccc(-n2c3ccccc3c3cc(-c4ccc5c(c4)c4ccccc4n5-c4ccc5c6c(cccc46)-c4ccccc4-5)ccc32)cc1. The topological polar surface area (TPSA) is 9.86 Å². The molecule has 0 radical (unpaired) electrons. The van der Waals surface area contributed by atoms with Gasteiger partial charge in [0.2, 0.25) is 0 Å². The van der Waals surface area contributed by atoms with Crippen LogP contribution in [0.2, 0.25) is 0 Å². The van der Waals surface area contributed by atoms with Crippen LogP contribution in [0.1, 0.15) is 31.7 Å². The van der Waals surface area contributed by atoms with Gasteiger partial charge in [0.15, 0.2) is 0 Å². The minimum atomic E-state index is 0.558. The van der Waals surface area contributed by atoms with E-state index >= 15 is 0 Å². The molecule has 2 heteroatoms. The molecular weight excluding hydrogens is 629 g/mol. The van der Waals surface area contributed by atoms with E-state index in [-0.39, 0.29) is 0 Å². The number of aromatic nitrogens is 2. The Morgan fingerprint density at radius 2 is 0.942 bits per heavy atom. The lowest BCUT2D eigenvalue weighted by atomic mass is 9.98. The molecule has 10 aromatic rings. The Morgan fingerprint density at radius 3 is 1.60 bits per heavy atom. The highest BCUT2D eigenvalue weighted by atomic mass is 15.0. The molecule has 1 aliphatic rings. The molecular formula is C50H36N2. The van der Waals surface area contributed by atoms with Crippen LogP contribution in [0.4, 0.5) is 0 Å². The van der Waals surface area contributed by atoms with Crippen molar-refractivity contribution in [2.45, 2.75) is 26.2 Å². The van der Waals surface area contributed by atoms with E-state index in [4.69, 9.17) is 0 Å². The van der Waals surface area contributed by atoms with Crippen LogP contribution in [0.3, 0.4) is 0 Å². The Hall–Kier alpha value is -6.38. The maximum absolute atomic E-state index is 2.48. The zero-order chi connectivity index (χ0) is 34.5. The molecule has 0 saturated carbocycles. The zero-order valence-corrected chi connectivity index (χ0v) is 29.3. The lowest BCUT2D eigenvalue weighted by Crippen LogP contribution is -1.96. The van der Waals surface area contributed by atoms with Crippen LogP contribution in [0.5, 0.6) is 0 Å². The van der Waals surface area contributed by atoms with E-state index in [1.54, 1.807) is 0 Å². The second-order valence-corrected chi connectivity index (χ2v) is 14.5. The van der Waals surface area contributed by atoms with Gasteiger partial charge in [0.05, 0.1) is 27.8 Å². The molecule has 0 saturated heterocycles. The summed E-state index contributed by atoms with van der Waals surface area (Å²) in [5, 5.41) is 7.72. The fourth-order valence-electron chi connectivity index (χ4n) is 9.02. The normalized spacial score (nSPS) is 12.8. The summed E-state index contributed by atoms with van der Waals surface area (Å²) in [5.74, 6) is 0.558. The minimum absolute atomic E-state index is 0.558. The van der Waals surface area contributed by atoms with Crippen molar-refractivity contribution in [2.24, 2.45) is 0 Å². The molecule has 0 bridgehead atoms. The van der Waals surface area contributed by atoms with Crippen molar-refractivity contribution in [1.29, 1.82) is 0 Å². The van der Waals surface area contributed by atoms with Crippen LogP contribution in [0.15, 0.2) is 164 Å². The molecule has 2 aromatic heterocycles. The van der Waals surface area contributed by atoms with Crippen molar-refractivity contribution in [3.63, 3.8) is 0 Å². The molecule has 2 heterocycles. The summed E-state index contributed by atoms with van der Waals surface area (Å²) in [6.45, 7) is 4.56. The van der Waals surface area contributed by atoms with Gasteiger partial charge in [0, 0.05) is 32.6 Å². The van der Waals surface area contributed by atoms with Gasteiger partial charge in [-0.2, -0.15) is 0 Å². The molecule has 1 unspecified atom stereocenters. The highest BCUT2D eigenvalue weighted by Gasteiger charge is 2.24. The van der Waals surface area contributed by atoms with E-state index in [9.17, 15) is 0 Å². The monoisotopic (exact) mass is 664 g/mol. The van der Waals surface area contributed by atoms with Gasteiger partial charge in [-0.3, -0.25) is 0 Å². The maximum atomic E-state index is 2.48. The lowest BCUT2D eigenvalue weighted by Gasteiger charge is -2.13. The first-order chi connectivity index (χ1) is 25.7. The fraction of sp³-hybridized carbons (Fsp3) is 0.0800. The molecule has 246 valence electrons. The molecule has 0 aliphatic heterocycles. The third-order valence-electron chi connectivity index (χ3n) is 11.8. The number of benzene rings is 8. The van der Waals surface area contributed by atoms with Gasteiger partial charge in [-0.1, -0.05) is 123 Å². The predicted octanol–water partition coefficient (Wildman–Crippen LogP) is 13.9. The molecule has 0 N–H and O–H groups in total. The van der Waals surface area contributed by atoms with E-state index in [1.807, 2.05) is 0 Å². The molecule has 1 aliphatic carbocycles. The highest BCUT2D eigenvalue weighted by molar-refractivity contribution is 6.19. The van der Waals surface area contributed by atoms with E-state index in [2.05, 4.69) is 187 Å². The minimum Gasteiger partial charge on any atom is -0.309 e. The van der Waals surface area contributed by atoms with Crippen molar-refractivity contribution >= 4 is 54.4 Å². The molecule has 2 nitrogen and oxygen atoms in total. The maximum Gasteiger partial charge on any atom is 0.0541 e. The number of hydrogen-bond donors (Lipinski definition) is 0. The molecule has 1 atom stereocenters. The summed E-state index contributed by atoms with van der Waals surface area (Å²) < 4.78 is 4.89. The summed E-state index contributed by atoms with van der Waals surface area (Å²) in [6, 6.07) is 61.1. The summed E-state index contributed by atoms with van der Waals surface area (Å²) in [5.41, 5.74) is 16.5. The average Bonchev–Trinajstić information content (AvgIpc) is 3.84. The summed E-state index contributed by atoms with van der Waals surface area (Å²) >= 11 is 0. The van der Waals surface area contributed by atoms with Gasteiger partial charge >= 0.3 is 0 Å². The summed E-state index contributed by atoms with van der Waals surface area (Å²) in [4.78, 5) is 0. The molecule has 0 spiro atoms. The van der Waals surface area contributed by atoms with E-state index in [1.165, 1.54) is 105 Å². The summed E-state index contributed by atoms with van der Waals surface area (Å²) in [6.07, 6.45) is 1.14. The molecule has 0 fully saturated rings. The Balaban J connectivity index is 1.08. The van der Waals surface area contributed by atoms with Gasteiger partial charge in [0.1, 0.15) is 0 Å². The molecule has 0 amide bonds. The summed E-state index contributed by atoms with van der Waals surface area (Å²) in [7, 11) is 0. The lowest BCUT2D eigenvalue weighted by molar-refractivity contribution is 0.733. The average molecular weight is 665 g/mol. The van der Waals surface area contributed by atoms with Crippen LogP contribution in [-0.2, 0) is 0 Å². The third-order valence-corrected chi connectivity index (χ3v) is 11.8. The largest absolute Gasteiger partial charge is 0.309 e. The van der Waals surface area contributed by atoms with Crippen molar-refractivity contribution in [3.05, 3.63) is 169 Å². The van der Waals surface area contributed by atoms with E-state index < -0.39 is 0 Å². The van der Waals surface area contributed by atoms with Gasteiger partial charge in [-0.05, 0) is 111 Å². The van der Waals surface area contributed by atoms with Crippen LogP contribution in [-0.4, -0.2) is 9.13 Å². The Labute approximate surface area is 302 Å². The van der Waals surface area contributed by atoms with Crippen LogP contribution in [0.25, 0.3) is 99.1 Å². The third kappa shape index (κ3) is 4.06. The van der Waals surface area contributed by atoms with Crippen molar-refractivity contribution in [2.75, 3.05) is 0 Å². The zero-order valence-electron chi connectivity index (χ0n) is 29.3. The molecule has 52 heavy (non-hydrogen) atoms. The number of hydrogen-bond acceptors (Lipinski definition) is 0. The first kappa shape index (κ1) is 29.4. The van der Waals surface area contributed by atoms with Crippen molar-refractivity contribution in [1.82, 2.24) is 9.13 Å². The number of fused-ring (bicyclic) bond motifs is 9. The quantitative estimate of drug-likeness (QED) is 0.173. The smallest absolute Gasteiger partial charge is 0.0541 e. The van der Waals surface area contributed by atoms with Crippen molar-refractivity contribution < 1.29 is 0 Å². The standard InChI is InChI=1S/C50H36N2/c1-3-31(2)32-19-23-35(24-20-32)51-45-17-8-6-13-38(45)43-29-33(21-26-48(43)51)34-22-27-49-44(30-34)39-14-7-9-18-46(39)52(49)47-28-25-41-37-12-5-4-11-36(37)40-15-10-16-42(47)50(40)41/h4-31H,3H2,1-2H3. The van der Waals surface area contributed by atoms with Gasteiger partial charge in [-0.15, -0.1) is 0 Å².